The molecule has 0 spiro atoms. The molecule has 0 fully saturated rings. The van der Waals surface area contributed by atoms with Gasteiger partial charge in [-0.2, -0.15) is 4.58 Å². The molecule has 4 rings (SSSR count). The summed E-state index contributed by atoms with van der Waals surface area (Å²) in [5.74, 6) is 1.02. The van der Waals surface area contributed by atoms with Gasteiger partial charge in [0.15, 0.2) is 13.2 Å². The minimum atomic E-state index is 0. The lowest BCUT2D eigenvalue weighted by atomic mass is 10.0. The van der Waals surface area contributed by atoms with Crippen LogP contribution in [0.15, 0.2) is 42.5 Å². The Morgan fingerprint density at radius 3 is 2.60 bits per heavy atom. The van der Waals surface area contributed by atoms with Crippen LogP contribution < -0.4 is 17.0 Å². The van der Waals surface area contributed by atoms with E-state index in [2.05, 4.69) is 54.0 Å². The van der Waals surface area contributed by atoms with Gasteiger partial charge in [0.05, 0.1) is 6.92 Å². The van der Waals surface area contributed by atoms with E-state index in [0.717, 1.165) is 25.5 Å². The molecule has 0 aromatic heterocycles. The Bertz CT molecular complexity index is 706. The quantitative estimate of drug-likeness (QED) is 0.587. The molecule has 2 nitrogen and oxygen atoms in total. The fourth-order valence-corrected chi connectivity index (χ4v) is 3.20. The lowest BCUT2D eigenvalue weighted by Gasteiger charge is -2.04. The van der Waals surface area contributed by atoms with Crippen molar-refractivity contribution in [3.63, 3.8) is 0 Å². The average molecular weight is 330 g/mol. The second-order valence-electron chi connectivity index (χ2n) is 5.16. The molecule has 2 aliphatic rings. The van der Waals surface area contributed by atoms with Gasteiger partial charge in [0, 0.05) is 18.1 Å². The molecular weight excluding hydrogens is 314 g/mol. The minimum Gasteiger partial charge on any atom is -1.00 e. The molecule has 1 aliphatic heterocycles. The Kier molecular flexibility index (Phi) is 3.38. The number of hydrogen-bond donors (Lipinski definition) is 0. The van der Waals surface area contributed by atoms with Crippen LogP contribution in [0.25, 0.3) is 11.1 Å². The normalized spacial score (nSPS) is 15.4. The van der Waals surface area contributed by atoms with Crippen LogP contribution in [0.1, 0.15) is 18.1 Å². The van der Waals surface area contributed by atoms with Crippen molar-refractivity contribution in [3.8, 4) is 11.1 Å². The molecule has 0 saturated heterocycles. The summed E-state index contributed by atoms with van der Waals surface area (Å²) >= 11 is 0. The second kappa shape index (κ2) is 5.06. The van der Waals surface area contributed by atoms with Crippen molar-refractivity contribution in [3.05, 3.63) is 53.6 Å². The summed E-state index contributed by atoms with van der Waals surface area (Å²) in [7, 11) is 0. The maximum atomic E-state index is 5.60. The Morgan fingerprint density at radius 1 is 1.00 bits per heavy atom. The zero-order chi connectivity index (χ0) is 12.8. The monoisotopic (exact) mass is 329 g/mol. The molecule has 0 unspecified atom stereocenters. The number of halogens is 1. The van der Waals surface area contributed by atoms with E-state index < -0.39 is 0 Å². The van der Waals surface area contributed by atoms with Gasteiger partial charge in [0.2, 0.25) is 5.69 Å². The first kappa shape index (κ1) is 13.4. The predicted molar refractivity (Wildman–Crippen MR) is 76.1 cm³/mol. The summed E-state index contributed by atoms with van der Waals surface area (Å²) in [6, 6.07) is 15.3. The topological polar surface area (TPSA) is 12.2 Å². The minimum absolute atomic E-state index is 0. The van der Waals surface area contributed by atoms with Gasteiger partial charge in [-0.15, -0.1) is 0 Å². The lowest BCUT2D eigenvalue weighted by molar-refractivity contribution is -0.430. The highest BCUT2D eigenvalue weighted by Crippen LogP contribution is 2.41. The first-order valence-corrected chi connectivity index (χ1v) is 6.78. The van der Waals surface area contributed by atoms with Crippen LogP contribution in [-0.2, 0) is 11.2 Å². The van der Waals surface area contributed by atoms with E-state index in [1.807, 2.05) is 0 Å². The SMILES string of the molecule is CC1=[N+](c2cccc3c2Cc2ccccc2-3)CCO1.[Br-]. The lowest BCUT2D eigenvalue weighted by Crippen LogP contribution is -3.00. The highest BCUT2D eigenvalue weighted by molar-refractivity contribution is 5.81. The first-order chi connectivity index (χ1) is 9.34. The maximum Gasteiger partial charge on any atom is 0.339 e. The summed E-state index contributed by atoms with van der Waals surface area (Å²) < 4.78 is 7.90. The highest BCUT2D eigenvalue weighted by atomic mass is 79.9. The maximum absolute atomic E-state index is 5.60. The van der Waals surface area contributed by atoms with Crippen LogP contribution in [0.4, 0.5) is 5.69 Å². The van der Waals surface area contributed by atoms with Crippen LogP contribution >= 0.6 is 0 Å². The van der Waals surface area contributed by atoms with E-state index in [1.54, 1.807) is 0 Å². The van der Waals surface area contributed by atoms with E-state index in [9.17, 15) is 0 Å². The number of fused-ring (bicyclic) bond motifs is 3. The van der Waals surface area contributed by atoms with Crippen molar-refractivity contribution in [2.75, 3.05) is 13.2 Å². The molecule has 102 valence electrons. The molecule has 0 saturated carbocycles. The van der Waals surface area contributed by atoms with Crippen LogP contribution in [-0.4, -0.2) is 23.6 Å². The van der Waals surface area contributed by atoms with Gasteiger partial charge in [0.1, 0.15) is 0 Å². The average Bonchev–Trinajstić information content (AvgIpc) is 3.02. The molecular formula is C17H16BrNO. The van der Waals surface area contributed by atoms with Gasteiger partial charge in [-0.05, 0) is 16.7 Å². The molecule has 0 bridgehead atoms. The molecule has 3 heteroatoms. The summed E-state index contributed by atoms with van der Waals surface area (Å²) in [4.78, 5) is 0. The van der Waals surface area contributed by atoms with Gasteiger partial charge in [0.25, 0.3) is 0 Å². The molecule has 2 aromatic carbocycles. The molecule has 1 heterocycles. The van der Waals surface area contributed by atoms with Gasteiger partial charge in [-0.25, -0.2) is 0 Å². The van der Waals surface area contributed by atoms with Gasteiger partial charge < -0.3 is 21.7 Å². The Hall–Kier alpha value is -1.61. The van der Waals surface area contributed by atoms with Gasteiger partial charge >= 0.3 is 5.90 Å². The highest BCUT2D eigenvalue weighted by Gasteiger charge is 2.29. The fourth-order valence-electron chi connectivity index (χ4n) is 3.20. The molecule has 0 radical (unpaired) electrons. The fraction of sp³-hybridized carbons (Fsp3) is 0.235. The number of rotatable bonds is 1. The van der Waals surface area contributed by atoms with Crippen molar-refractivity contribution in [2.45, 2.75) is 13.3 Å². The van der Waals surface area contributed by atoms with Crippen molar-refractivity contribution < 1.29 is 26.3 Å². The van der Waals surface area contributed by atoms with E-state index in [4.69, 9.17) is 4.74 Å². The largest absolute Gasteiger partial charge is 1.00 e. The summed E-state index contributed by atoms with van der Waals surface area (Å²) in [6.45, 7) is 3.80. The van der Waals surface area contributed by atoms with E-state index in [0.29, 0.717) is 0 Å². The van der Waals surface area contributed by atoms with E-state index in [-0.39, 0.29) is 17.0 Å². The number of ether oxygens (including phenoxy) is 1. The summed E-state index contributed by atoms with van der Waals surface area (Å²) in [6.07, 6.45) is 1.03. The van der Waals surface area contributed by atoms with Crippen LogP contribution in [0.3, 0.4) is 0 Å². The molecule has 20 heavy (non-hydrogen) atoms. The number of nitrogens with zero attached hydrogens (tertiary/aromatic N) is 1. The predicted octanol–water partition coefficient (Wildman–Crippen LogP) is 0.354. The smallest absolute Gasteiger partial charge is 0.339 e. The Labute approximate surface area is 129 Å². The zero-order valence-electron chi connectivity index (χ0n) is 11.4. The zero-order valence-corrected chi connectivity index (χ0v) is 13.0. The Balaban J connectivity index is 0.00000121. The molecule has 0 amide bonds. The summed E-state index contributed by atoms with van der Waals surface area (Å²) in [5.41, 5.74) is 6.95. The number of hydrogen-bond acceptors (Lipinski definition) is 1. The third-order valence-electron chi connectivity index (χ3n) is 4.12. The molecule has 0 N–H and O–H groups in total. The van der Waals surface area contributed by atoms with Crippen LogP contribution in [0, 0.1) is 0 Å². The molecule has 2 aromatic rings. The van der Waals surface area contributed by atoms with E-state index >= 15 is 0 Å². The molecule has 0 atom stereocenters. The van der Waals surface area contributed by atoms with Gasteiger partial charge in [-0.1, -0.05) is 36.4 Å². The second-order valence-corrected chi connectivity index (χ2v) is 5.16. The standard InChI is InChI=1S/C17H16NO.BrH/c1-12-18(9-10-19-12)17-8-4-7-15-14-6-3-2-5-13(14)11-16(15)17;/h2-8H,9-11H2,1H3;1H/q+1;/p-1. The third kappa shape index (κ3) is 1.88. The van der Waals surface area contributed by atoms with Crippen molar-refractivity contribution in [2.24, 2.45) is 0 Å². The Morgan fingerprint density at radius 2 is 1.80 bits per heavy atom. The van der Waals surface area contributed by atoms with Crippen molar-refractivity contribution in [1.82, 2.24) is 0 Å². The van der Waals surface area contributed by atoms with Gasteiger partial charge in [-0.3, -0.25) is 0 Å². The number of benzene rings is 2. The summed E-state index contributed by atoms with van der Waals surface area (Å²) in [5, 5.41) is 0. The van der Waals surface area contributed by atoms with Crippen LogP contribution in [0.2, 0.25) is 0 Å². The first-order valence-electron chi connectivity index (χ1n) is 6.78. The van der Waals surface area contributed by atoms with Crippen molar-refractivity contribution >= 4 is 11.6 Å². The molecule has 1 aliphatic carbocycles. The third-order valence-corrected chi connectivity index (χ3v) is 4.12. The van der Waals surface area contributed by atoms with E-state index in [1.165, 1.54) is 27.9 Å². The van der Waals surface area contributed by atoms with Crippen molar-refractivity contribution in [1.29, 1.82) is 0 Å². The van der Waals surface area contributed by atoms with Crippen LogP contribution in [0.5, 0.6) is 0 Å².